The van der Waals surface area contributed by atoms with Gasteiger partial charge in [0.05, 0.1) is 0 Å². The fourth-order valence-corrected chi connectivity index (χ4v) is 1.78. The third kappa shape index (κ3) is 2.26. The van der Waals surface area contributed by atoms with Crippen LogP contribution in [0.5, 0.6) is 0 Å². The van der Waals surface area contributed by atoms with Gasteiger partial charge in [-0.1, -0.05) is 13.8 Å². The predicted molar refractivity (Wildman–Crippen MR) is 65.4 cm³/mol. The Bertz CT molecular complexity index is 652. The number of aromatic nitrogens is 4. The minimum absolute atomic E-state index is 0.106. The van der Waals surface area contributed by atoms with E-state index in [9.17, 15) is 9.59 Å². The van der Waals surface area contributed by atoms with Gasteiger partial charge in [0.25, 0.3) is 5.56 Å². The van der Waals surface area contributed by atoms with E-state index in [1.807, 2.05) is 0 Å². The molecule has 0 unspecified atom stereocenters. The Hall–Kier alpha value is -1.56. The fraction of sp³-hybridized carbons (Fsp3) is 0.500. The SMILES string of the molecule is CC(C)CCn1c(=O)[nH]c(=O)c2[nH]c(Cl)nc21. The summed E-state index contributed by atoms with van der Waals surface area (Å²) in [5, 5.41) is 0.106. The van der Waals surface area contributed by atoms with E-state index in [1.165, 1.54) is 4.57 Å². The van der Waals surface area contributed by atoms with E-state index in [-0.39, 0.29) is 10.8 Å². The number of H-pyrrole nitrogens is 2. The summed E-state index contributed by atoms with van der Waals surface area (Å²) in [6.07, 6.45) is 0.825. The molecule has 2 N–H and O–H groups in total. The van der Waals surface area contributed by atoms with Gasteiger partial charge in [-0.2, -0.15) is 4.98 Å². The summed E-state index contributed by atoms with van der Waals surface area (Å²) in [7, 11) is 0. The number of nitrogens with zero attached hydrogens (tertiary/aromatic N) is 2. The zero-order chi connectivity index (χ0) is 12.6. The van der Waals surface area contributed by atoms with Crippen molar-refractivity contribution in [1.82, 2.24) is 19.5 Å². The van der Waals surface area contributed by atoms with Crippen LogP contribution in [0, 0.1) is 5.92 Å². The number of aromatic amines is 2. The topological polar surface area (TPSA) is 83.5 Å². The van der Waals surface area contributed by atoms with Gasteiger partial charge in [-0.3, -0.25) is 14.3 Å². The molecule has 0 amide bonds. The van der Waals surface area contributed by atoms with Gasteiger partial charge in [-0.05, 0) is 23.9 Å². The van der Waals surface area contributed by atoms with Crippen molar-refractivity contribution in [3.8, 4) is 0 Å². The Morgan fingerprint density at radius 1 is 1.35 bits per heavy atom. The van der Waals surface area contributed by atoms with Crippen LogP contribution in [-0.2, 0) is 6.54 Å². The van der Waals surface area contributed by atoms with Gasteiger partial charge in [0.2, 0.25) is 5.28 Å². The Kier molecular flexibility index (Phi) is 3.06. The van der Waals surface area contributed by atoms with Gasteiger partial charge in [0, 0.05) is 6.54 Å². The lowest BCUT2D eigenvalue weighted by Crippen LogP contribution is -2.30. The van der Waals surface area contributed by atoms with Crippen LogP contribution in [0.1, 0.15) is 20.3 Å². The van der Waals surface area contributed by atoms with Crippen molar-refractivity contribution < 1.29 is 0 Å². The maximum atomic E-state index is 11.7. The zero-order valence-electron chi connectivity index (χ0n) is 9.58. The van der Waals surface area contributed by atoms with Crippen molar-refractivity contribution in [3.05, 3.63) is 26.1 Å². The van der Waals surface area contributed by atoms with E-state index >= 15 is 0 Å². The second kappa shape index (κ2) is 4.37. The highest BCUT2D eigenvalue weighted by molar-refractivity contribution is 6.28. The van der Waals surface area contributed by atoms with Gasteiger partial charge in [-0.25, -0.2) is 4.79 Å². The maximum absolute atomic E-state index is 11.7. The molecule has 6 nitrogen and oxygen atoms in total. The van der Waals surface area contributed by atoms with Crippen molar-refractivity contribution in [3.63, 3.8) is 0 Å². The average molecular weight is 257 g/mol. The number of hydrogen-bond acceptors (Lipinski definition) is 3. The van der Waals surface area contributed by atoms with Crippen LogP contribution in [0.3, 0.4) is 0 Å². The smallest absolute Gasteiger partial charge is 0.323 e. The summed E-state index contributed by atoms with van der Waals surface area (Å²) in [5.74, 6) is 0.457. The van der Waals surface area contributed by atoms with Crippen LogP contribution < -0.4 is 11.2 Å². The lowest BCUT2D eigenvalue weighted by molar-refractivity contribution is 0.510. The molecule has 7 heteroatoms. The van der Waals surface area contributed by atoms with Gasteiger partial charge in [0.1, 0.15) is 0 Å². The van der Waals surface area contributed by atoms with Crippen molar-refractivity contribution in [2.75, 3.05) is 0 Å². The Morgan fingerprint density at radius 3 is 2.71 bits per heavy atom. The highest BCUT2D eigenvalue weighted by Gasteiger charge is 2.12. The molecule has 0 spiro atoms. The molecular formula is C10H13ClN4O2. The molecule has 0 fully saturated rings. The first-order valence-corrected chi connectivity index (χ1v) is 5.75. The quantitative estimate of drug-likeness (QED) is 0.807. The number of aryl methyl sites for hydroxylation is 1. The molecule has 0 bridgehead atoms. The number of rotatable bonds is 3. The largest absolute Gasteiger partial charge is 0.330 e. The molecular weight excluding hydrogens is 244 g/mol. The van der Waals surface area contributed by atoms with Gasteiger partial charge >= 0.3 is 5.69 Å². The first kappa shape index (κ1) is 11.9. The number of hydrogen-bond donors (Lipinski definition) is 2. The van der Waals surface area contributed by atoms with Crippen LogP contribution in [0.15, 0.2) is 9.59 Å². The summed E-state index contributed by atoms with van der Waals surface area (Å²) in [5.41, 5.74) is -0.403. The molecule has 17 heavy (non-hydrogen) atoms. The molecule has 92 valence electrons. The van der Waals surface area contributed by atoms with E-state index in [2.05, 4.69) is 28.8 Å². The van der Waals surface area contributed by atoms with Crippen LogP contribution in [0.25, 0.3) is 11.2 Å². The molecule has 0 radical (unpaired) electrons. The standard InChI is InChI=1S/C10H13ClN4O2/c1-5(2)3-4-15-7-6(12-9(11)13-7)8(16)14-10(15)17/h5H,3-4H2,1-2H3,(H,12,13)(H,14,16,17). The molecule has 2 aromatic rings. The van der Waals surface area contributed by atoms with E-state index in [4.69, 9.17) is 11.6 Å². The second-order valence-corrected chi connectivity index (χ2v) is 4.68. The first-order chi connectivity index (χ1) is 7.99. The van der Waals surface area contributed by atoms with Crippen LogP contribution in [-0.4, -0.2) is 19.5 Å². The van der Waals surface area contributed by atoms with Gasteiger partial charge in [-0.15, -0.1) is 0 Å². The van der Waals surface area contributed by atoms with Crippen molar-refractivity contribution in [1.29, 1.82) is 0 Å². The Morgan fingerprint density at radius 2 is 2.06 bits per heavy atom. The molecule has 0 saturated heterocycles. The summed E-state index contributed by atoms with van der Waals surface area (Å²) in [6, 6.07) is 0. The average Bonchev–Trinajstić information content (AvgIpc) is 2.59. The van der Waals surface area contributed by atoms with E-state index in [0.717, 1.165) is 6.42 Å². The Labute approximate surface area is 102 Å². The summed E-state index contributed by atoms with van der Waals surface area (Å²) >= 11 is 5.71. The van der Waals surface area contributed by atoms with Gasteiger partial charge in [0.15, 0.2) is 11.2 Å². The monoisotopic (exact) mass is 256 g/mol. The van der Waals surface area contributed by atoms with Crippen LogP contribution >= 0.6 is 11.6 Å². The first-order valence-electron chi connectivity index (χ1n) is 5.37. The fourth-order valence-electron chi connectivity index (χ4n) is 1.61. The highest BCUT2D eigenvalue weighted by Crippen LogP contribution is 2.10. The minimum atomic E-state index is -0.495. The van der Waals surface area contributed by atoms with E-state index in [1.54, 1.807) is 0 Å². The number of fused-ring (bicyclic) bond motifs is 1. The normalized spacial score (nSPS) is 11.5. The van der Waals surface area contributed by atoms with Crippen LogP contribution in [0.4, 0.5) is 0 Å². The van der Waals surface area contributed by atoms with Crippen molar-refractivity contribution in [2.24, 2.45) is 5.92 Å². The number of halogens is 1. The van der Waals surface area contributed by atoms with Crippen molar-refractivity contribution in [2.45, 2.75) is 26.8 Å². The van der Waals surface area contributed by atoms with E-state index < -0.39 is 11.2 Å². The molecule has 2 heterocycles. The van der Waals surface area contributed by atoms with Crippen molar-refractivity contribution >= 4 is 22.8 Å². The number of imidazole rings is 1. The lowest BCUT2D eigenvalue weighted by atomic mass is 10.1. The lowest BCUT2D eigenvalue weighted by Gasteiger charge is -2.07. The molecule has 0 aliphatic rings. The maximum Gasteiger partial charge on any atom is 0.330 e. The summed E-state index contributed by atoms with van der Waals surface area (Å²) in [6.45, 7) is 4.63. The third-order valence-electron chi connectivity index (χ3n) is 2.53. The summed E-state index contributed by atoms with van der Waals surface area (Å²) in [4.78, 5) is 32.0. The molecule has 0 aliphatic heterocycles. The predicted octanol–water partition coefficient (Wildman–Crippen LogP) is 1.11. The third-order valence-corrected chi connectivity index (χ3v) is 2.71. The zero-order valence-corrected chi connectivity index (χ0v) is 10.3. The molecule has 0 atom stereocenters. The highest BCUT2D eigenvalue weighted by atomic mass is 35.5. The van der Waals surface area contributed by atoms with E-state index in [0.29, 0.717) is 18.1 Å². The minimum Gasteiger partial charge on any atom is -0.323 e. The molecule has 2 rings (SSSR count). The molecule has 2 aromatic heterocycles. The molecule has 0 saturated carbocycles. The molecule has 0 aliphatic carbocycles. The molecule has 0 aromatic carbocycles. The van der Waals surface area contributed by atoms with Crippen LogP contribution in [0.2, 0.25) is 5.28 Å². The summed E-state index contributed by atoms with van der Waals surface area (Å²) < 4.78 is 1.43. The number of nitrogens with one attached hydrogen (secondary N) is 2. The Balaban J connectivity index is 2.61. The van der Waals surface area contributed by atoms with Gasteiger partial charge < -0.3 is 4.98 Å². The second-order valence-electron chi connectivity index (χ2n) is 4.32.